The van der Waals surface area contributed by atoms with Crippen molar-refractivity contribution in [2.24, 2.45) is 0 Å². The molecule has 0 aliphatic carbocycles. The first-order valence-corrected chi connectivity index (χ1v) is 10.0. The Morgan fingerprint density at radius 1 is 1.19 bits per heavy atom. The molecule has 1 saturated heterocycles. The second-order valence-corrected chi connectivity index (χ2v) is 7.94. The van der Waals surface area contributed by atoms with E-state index in [2.05, 4.69) is 40.4 Å². The SMILES string of the molecule is COc1ccc(CN2CCC[C@@H](c3cc(=O)nc4n3CCC4)C2)c(C)c1C. The van der Waals surface area contributed by atoms with Crippen molar-refractivity contribution in [3.05, 3.63) is 56.8 Å². The highest BCUT2D eigenvalue weighted by Crippen LogP contribution is 2.31. The van der Waals surface area contributed by atoms with Gasteiger partial charge in [0.25, 0.3) is 5.56 Å². The van der Waals surface area contributed by atoms with E-state index in [1.165, 1.54) is 28.8 Å². The number of hydrogen-bond donors (Lipinski definition) is 0. The lowest BCUT2D eigenvalue weighted by Gasteiger charge is -2.34. The van der Waals surface area contributed by atoms with Gasteiger partial charge < -0.3 is 9.30 Å². The van der Waals surface area contributed by atoms with Gasteiger partial charge in [-0.3, -0.25) is 9.69 Å². The average Bonchev–Trinajstić information content (AvgIpc) is 3.13. The smallest absolute Gasteiger partial charge is 0.273 e. The maximum Gasteiger partial charge on any atom is 0.273 e. The van der Waals surface area contributed by atoms with E-state index >= 15 is 0 Å². The maximum atomic E-state index is 12.1. The summed E-state index contributed by atoms with van der Waals surface area (Å²) in [7, 11) is 1.73. The quantitative estimate of drug-likeness (QED) is 0.833. The van der Waals surface area contributed by atoms with E-state index in [1.54, 1.807) is 13.2 Å². The lowest BCUT2D eigenvalue weighted by atomic mass is 9.93. The third kappa shape index (κ3) is 3.53. The molecule has 0 unspecified atom stereocenters. The molecule has 27 heavy (non-hydrogen) atoms. The molecule has 2 aromatic rings. The van der Waals surface area contributed by atoms with E-state index in [-0.39, 0.29) is 5.56 Å². The average molecular weight is 367 g/mol. The predicted octanol–water partition coefficient (Wildman–Crippen LogP) is 3.19. The highest BCUT2D eigenvalue weighted by molar-refractivity contribution is 5.43. The van der Waals surface area contributed by atoms with E-state index in [9.17, 15) is 4.79 Å². The molecule has 1 aromatic heterocycles. The molecule has 1 atom stereocenters. The summed E-state index contributed by atoms with van der Waals surface area (Å²) in [6.07, 6.45) is 4.36. The summed E-state index contributed by atoms with van der Waals surface area (Å²) in [6, 6.07) is 6.06. The minimum Gasteiger partial charge on any atom is -0.496 e. The van der Waals surface area contributed by atoms with Crippen LogP contribution in [0.1, 0.15) is 53.4 Å². The van der Waals surface area contributed by atoms with Crippen LogP contribution in [-0.4, -0.2) is 34.7 Å². The van der Waals surface area contributed by atoms with Gasteiger partial charge in [-0.25, -0.2) is 0 Å². The zero-order valence-electron chi connectivity index (χ0n) is 16.6. The van der Waals surface area contributed by atoms with Crippen LogP contribution in [0.5, 0.6) is 5.75 Å². The van der Waals surface area contributed by atoms with Gasteiger partial charge in [0.15, 0.2) is 0 Å². The number of aromatic nitrogens is 2. The van der Waals surface area contributed by atoms with Crippen molar-refractivity contribution in [2.75, 3.05) is 20.2 Å². The van der Waals surface area contributed by atoms with Gasteiger partial charge in [0.2, 0.25) is 0 Å². The van der Waals surface area contributed by atoms with Gasteiger partial charge in [-0.2, -0.15) is 4.98 Å². The molecule has 3 heterocycles. The Labute approximate surface area is 161 Å². The number of likely N-dealkylation sites (tertiary alicyclic amines) is 1. The normalized spacial score (nSPS) is 19.9. The summed E-state index contributed by atoms with van der Waals surface area (Å²) in [4.78, 5) is 18.8. The lowest BCUT2D eigenvalue weighted by molar-refractivity contribution is 0.196. The van der Waals surface area contributed by atoms with Gasteiger partial charge in [-0.15, -0.1) is 0 Å². The van der Waals surface area contributed by atoms with Crippen LogP contribution in [0.2, 0.25) is 0 Å². The third-order valence-electron chi connectivity index (χ3n) is 6.30. The molecular formula is C22H29N3O2. The van der Waals surface area contributed by atoms with Gasteiger partial charge in [0.1, 0.15) is 11.6 Å². The topological polar surface area (TPSA) is 47.4 Å². The monoisotopic (exact) mass is 367 g/mol. The molecule has 2 aliphatic rings. The fourth-order valence-electron chi connectivity index (χ4n) is 4.68. The Morgan fingerprint density at radius 3 is 2.85 bits per heavy atom. The summed E-state index contributed by atoms with van der Waals surface area (Å²) in [5.74, 6) is 2.36. The van der Waals surface area contributed by atoms with Crippen LogP contribution in [-0.2, 0) is 19.5 Å². The molecule has 1 fully saturated rings. The molecule has 0 N–H and O–H groups in total. The molecule has 0 saturated carbocycles. The largest absolute Gasteiger partial charge is 0.496 e. The highest BCUT2D eigenvalue weighted by atomic mass is 16.5. The zero-order chi connectivity index (χ0) is 19.0. The summed E-state index contributed by atoms with van der Waals surface area (Å²) in [5, 5.41) is 0. The number of piperidine rings is 1. The van der Waals surface area contributed by atoms with Crippen LogP contribution in [0, 0.1) is 13.8 Å². The Kier molecular flexibility index (Phi) is 5.04. The fraction of sp³-hybridized carbons (Fsp3) is 0.545. The number of nitrogens with zero attached hydrogens (tertiary/aromatic N) is 3. The zero-order valence-corrected chi connectivity index (χ0v) is 16.6. The number of ether oxygens (including phenoxy) is 1. The van der Waals surface area contributed by atoms with E-state index < -0.39 is 0 Å². The first-order chi connectivity index (χ1) is 13.1. The Hall–Kier alpha value is -2.14. The van der Waals surface area contributed by atoms with Crippen LogP contribution in [0.15, 0.2) is 23.0 Å². The van der Waals surface area contributed by atoms with Crippen molar-refractivity contribution in [3.63, 3.8) is 0 Å². The summed E-state index contributed by atoms with van der Waals surface area (Å²) in [5.41, 5.74) is 5.04. The van der Waals surface area contributed by atoms with Crippen LogP contribution in [0.25, 0.3) is 0 Å². The molecule has 0 radical (unpaired) electrons. The number of benzene rings is 1. The molecule has 0 amide bonds. The van der Waals surface area contributed by atoms with Crippen LogP contribution in [0.4, 0.5) is 0 Å². The van der Waals surface area contributed by atoms with Crippen LogP contribution >= 0.6 is 0 Å². The second kappa shape index (κ2) is 7.47. The Balaban J connectivity index is 1.55. The van der Waals surface area contributed by atoms with E-state index in [0.717, 1.165) is 57.0 Å². The number of fused-ring (bicyclic) bond motifs is 1. The molecule has 0 bridgehead atoms. The van der Waals surface area contributed by atoms with Gasteiger partial charge in [-0.1, -0.05) is 6.07 Å². The minimum atomic E-state index is -0.0723. The van der Waals surface area contributed by atoms with Crippen LogP contribution in [0.3, 0.4) is 0 Å². The second-order valence-electron chi connectivity index (χ2n) is 7.94. The van der Waals surface area contributed by atoms with E-state index in [1.807, 2.05) is 0 Å². The first kappa shape index (κ1) is 18.2. The predicted molar refractivity (Wildman–Crippen MR) is 107 cm³/mol. The lowest BCUT2D eigenvalue weighted by Crippen LogP contribution is -2.35. The van der Waals surface area contributed by atoms with Gasteiger partial charge >= 0.3 is 0 Å². The Bertz CT molecular complexity index is 903. The molecule has 2 aliphatic heterocycles. The molecule has 5 nitrogen and oxygen atoms in total. The number of methoxy groups -OCH3 is 1. The van der Waals surface area contributed by atoms with Crippen molar-refractivity contribution in [3.8, 4) is 5.75 Å². The van der Waals surface area contributed by atoms with Crippen molar-refractivity contribution in [1.29, 1.82) is 0 Å². The first-order valence-electron chi connectivity index (χ1n) is 10.0. The van der Waals surface area contributed by atoms with Crippen molar-refractivity contribution in [1.82, 2.24) is 14.5 Å². The standard InChI is InChI=1S/C22H29N3O2/c1-15-16(2)20(27-3)9-8-17(15)13-24-10-4-6-18(14-24)19-12-22(26)23-21-7-5-11-25(19)21/h8-9,12,18H,4-7,10-11,13-14H2,1-3H3/t18-/m1/s1. The summed E-state index contributed by atoms with van der Waals surface area (Å²) in [6.45, 7) is 8.39. The van der Waals surface area contributed by atoms with Gasteiger partial charge in [0.05, 0.1) is 7.11 Å². The van der Waals surface area contributed by atoms with Gasteiger partial charge in [-0.05, 0) is 62.4 Å². The van der Waals surface area contributed by atoms with Gasteiger partial charge in [0, 0.05) is 43.7 Å². The fourth-order valence-corrected chi connectivity index (χ4v) is 4.68. The molecule has 4 rings (SSSR count). The van der Waals surface area contributed by atoms with Crippen molar-refractivity contribution < 1.29 is 4.74 Å². The highest BCUT2D eigenvalue weighted by Gasteiger charge is 2.26. The van der Waals surface area contributed by atoms with Crippen molar-refractivity contribution in [2.45, 2.75) is 58.5 Å². The van der Waals surface area contributed by atoms with E-state index in [4.69, 9.17) is 4.74 Å². The molecular weight excluding hydrogens is 338 g/mol. The number of hydrogen-bond acceptors (Lipinski definition) is 4. The molecule has 5 heteroatoms. The van der Waals surface area contributed by atoms with E-state index in [0.29, 0.717) is 5.92 Å². The maximum absolute atomic E-state index is 12.1. The van der Waals surface area contributed by atoms with Crippen molar-refractivity contribution >= 4 is 0 Å². The minimum absolute atomic E-state index is 0.0723. The number of rotatable bonds is 4. The summed E-state index contributed by atoms with van der Waals surface area (Å²) >= 11 is 0. The Morgan fingerprint density at radius 2 is 2.04 bits per heavy atom. The molecule has 1 aromatic carbocycles. The van der Waals surface area contributed by atoms with Crippen LogP contribution < -0.4 is 10.3 Å². The summed E-state index contributed by atoms with van der Waals surface area (Å²) < 4.78 is 7.75. The molecule has 0 spiro atoms. The molecule has 144 valence electrons. The number of aryl methyl sites for hydroxylation is 1. The third-order valence-corrected chi connectivity index (χ3v) is 6.30.